The Kier molecular flexibility index (Phi) is 6.76. The molecular formula is C20H29ClN2O4. The number of carbonyl (C=O) groups is 1. The first-order valence-corrected chi connectivity index (χ1v) is 10.0. The lowest BCUT2D eigenvalue weighted by Crippen LogP contribution is -2.61. The normalized spacial score (nSPS) is 27.7. The highest BCUT2D eigenvalue weighted by molar-refractivity contribution is 6.30. The number of rotatable bonds is 5. The van der Waals surface area contributed by atoms with E-state index in [0.717, 1.165) is 31.5 Å². The molecule has 0 unspecified atom stereocenters. The van der Waals surface area contributed by atoms with Gasteiger partial charge in [0.15, 0.2) is 0 Å². The average Bonchev–Trinajstić information content (AvgIpc) is 2.66. The number of amides is 1. The second kappa shape index (κ2) is 8.88. The van der Waals surface area contributed by atoms with Gasteiger partial charge < -0.3 is 25.1 Å². The molecule has 150 valence electrons. The van der Waals surface area contributed by atoms with E-state index in [0.29, 0.717) is 30.5 Å². The number of likely N-dealkylation sites (tertiary alicyclic amines) is 2. The first-order valence-electron chi connectivity index (χ1n) is 9.65. The van der Waals surface area contributed by atoms with Gasteiger partial charge in [-0.2, -0.15) is 0 Å². The molecule has 2 aliphatic rings. The Hall–Kier alpha value is -1.18. The zero-order valence-corrected chi connectivity index (χ0v) is 16.3. The third-order valence-electron chi connectivity index (χ3n) is 5.91. The van der Waals surface area contributed by atoms with Crippen LogP contribution in [0.25, 0.3) is 0 Å². The van der Waals surface area contributed by atoms with Crippen LogP contribution in [0.15, 0.2) is 24.3 Å². The molecule has 1 amide bonds. The summed E-state index contributed by atoms with van der Waals surface area (Å²) in [5.41, 5.74) is -0.310. The zero-order chi connectivity index (χ0) is 19.4. The molecule has 3 N–H and O–H groups in total. The number of hydrogen-bond donors (Lipinski definition) is 3. The van der Waals surface area contributed by atoms with Crippen LogP contribution in [0.1, 0.15) is 24.8 Å². The number of hydrogen-bond acceptors (Lipinski definition) is 5. The third kappa shape index (κ3) is 5.21. The van der Waals surface area contributed by atoms with Crippen LogP contribution in [0.5, 0.6) is 0 Å². The Morgan fingerprint density at radius 3 is 2.44 bits per heavy atom. The number of aliphatic hydroxyl groups excluding tert-OH is 2. The van der Waals surface area contributed by atoms with Crippen molar-refractivity contribution in [2.24, 2.45) is 5.92 Å². The minimum Gasteiger partial charge on any atom is -0.396 e. The molecule has 1 aromatic rings. The molecule has 2 fully saturated rings. The molecule has 0 aromatic heterocycles. The molecule has 6 nitrogen and oxygen atoms in total. The van der Waals surface area contributed by atoms with Gasteiger partial charge in [-0.15, -0.1) is 0 Å². The molecule has 7 heteroatoms. The van der Waals surface area contributed by atoms with Crippen molar-refractivity contribution in [3.05, 3.63) is 34.9 Å². The van der Waals surface area contributed by atoms with Crippen molar-refractivity contribution >= 4 is 17.5 Å². The van der Waals surface area contributed by atoms with Crippen molar-refractivity contribution in [3.63, 3.8) is 0 Å². The maximum atomic E-state index is 12.5. The predicted molar refractivity (Wildman–Crippen MR) is 104 cm³/mol. The average molecular weight is 397 g/mol. The van der Waals surface area contributed by atoms with E-state index in [1.807, 2.05) is 12.1 Å². The van der Waals surface area contributed by atoms with Crippen molar-refractivity contribution in [2.45, 2.75) is 37.4 Å². The number of halogens is 1. The maximum absolute atomic E-state index is 12.5. The first kappa shape index (κ1) is 20.6. The quantitative estimate of drug-likeness (QED) is 0.689. The van der Waals surface area contributed by atoms with E-state index in [9.17, 15) is 20.1 Å². The first-order chi connectivity index (χ1) is 12.9. The fraction of sp³-hybridized carbons (Fsp3) is 0.650. The standard InChI is InChI=1S/C20H29ClN2O4/c21-17-3-1-15(2-4-17)11-19(26)23-10-7-20(27,18(25)12-23)14-22-8-5-16(13-24)6-9-22/h1-4,16,18,24-25,27H,5-14H2/t18-,20-/m0/s1. The summed E-state index contributed by atoms with van der Waals surface area (Å²) in [4.78, 5) is 16.3. The molecule has 0 spiro atoms. The van der Waals surface area contributed by atoms with Crippen molar-refractivity contribution in [1.82, 2.24) is 9.80 Å². The highest BCUT2D eigenvalue weighted by Crippen LogP contribution is 2.27. The van der Waals surface area contributed by atoms with E-state index < -0.39 is 11.7 Å². The van der Waals surface area contributed by atoms with Crippen LogP contribution in [0.2, 0.25) is 5.02 Å². The van der Waals surface area contributed by atoms with Gasteiger partial charge in [-0.3, -0.25) is 4.79 Å². The summed E-state index contributed by atoms with van der Waals surface area (Å²) in [6, 6.07) is 7.17. The maximum Gasteiger partial charge on any atom is 0.227 e. The lowest BCUT2D eigenvalue weighted by Gasteiger charge is -2.45. The fourth-order valence-corrected chi connectivity index (χ4v) is 4.11. The van der Waals surface area contributed by atoms with Crippen LogP contribution in [0.4, 0.5) is 0 Å². The molecular weight excluding hydrogens is 368 g/mol. The van der Waals surface area contributed by atoms with Crippen LogP contribution >= 0.6 is 11.6 Å². The highest BCUT2D eigenvalue weighted by atomic mass is 35.5. The van der Waals surface area contributed by atoms with Gasteiger partial charge in [0.25, 0.3) is 0 Å². The number of benzene rings is 1. The van der Waals surface area contributed by atoms with E-state index in [1.165, 1.54) is 0 Å². The number of carbonyl (C=O) groups excluding carboxylic acids is 1. The largest absolute Gasteiger partial charge is 0.396 e. The topological polar surface area (TPSA) is 84.2 Å². The van der Waals surface area contributed by atoms with Crippen LogP contribution in [0.3, 0.4) is 0 Å². The molecule has 0 aliphatic carbocycles. The van der Waals surface area contributed by atoms with Gasteiger partial charge in [0, 0.05) is 31.3 Å². The third-order valence-corrected chi connectivity index (χ3v) is 6.16. The molecule has 3 rings (SSSR count). The minimum absolute atomic E-state index is 0.0535. The van der Waals surface area contributed by atoms with E-state index >= 15 is 0 Å². The number of β-amino-alcohol motifs (C(OH)–C–C–N with tert-alkyl or cyclic N) is 2. The lowest BCUT2D eigenvalue weighted by atomic mass is 9.86. The second-order valence-electron chi connectivity index (χ2n) is 7.91. The van der Waals surface area contributed by atoms with E-state index in [2.05, 4.69) is 4.90 Å². The van der Waals surface area contributed by atoms with Gasteiger partial charge in [0.1, 0.15) is 11.7 Å². The summed E-state index contributed by atoms with van der Waals surface area (Å²) < 4.78 is 0. The van der Waals surface area contributed by atoms with Crippen LogP contribution in [0, 0.1) is 5.92 Å². The monoisotopic (exact) mass is 396 g/mol. The van der Waals surface area contributed by atoms with Gasteiger partial charge in [-0.05, 0) is 56.0 Å². The summed E-state index contributed by atoms with van der Waals surface area (Å²) in [6.45, 7) is 2.85. The lowest BCUT2D eigenvalue weighted by molar-refractivity contribution is -0.153. The van der Waals surface area contributed by atoms with Gasteiger partial charge >= 0.3 is 0 Å². The summed E-state index contributed by atoms with van der Waals surface area (Å²) in [5.74, 6) is 0.287. The van der Waals surface area contributed by atoms with Crippen LogP contribution in [-0.2, 0) is 11.2 Å². The van der Waals surface area contributed by atoms with Gasteiger partial charge in [-0.25, -0.2) is 0 Å². The fourth-order valence-electron chi connectivity index (χ4n) is 3.98. The molecule has 0 saturated carbocycles. The Labute approximate surface area is 165 Å². The smallest absolute Gasteiger partial charge is 0.227 e. The summed E-state index contributed by atoms with van der Waals surface area (Å²) >= 11 is 5.87. The summed E-state index contributed by atoms with van der Waals surface area (Å²) in [6.07, 6.45) is 1.48. The Balaban J connectivity index is 1.51. The summed E-state index contributed by atoms with van der Waals surface area (Å²) in [7, 11) is 0. The Morgan fingerprint density at radius 2 is 1.85 bits per heavy atom. The molecule has 2 aliphatic heterocycles. The Morgan fingerprint density at radius 1 is 1.19 bits per heavy atom. The van der Waals surface area contributed by atoms with Crippen molar-refractivity contribution in [1.29, 1.82) is 0 Å². The second-order valence-corrected chi connectivity index (χ2v) is 8.35. The van der Waals surface area contributed by atoms with Gasteiger partial charge in [0.2, 0.25) is 5.91 Å². The number of aliphatic hydroxyl groups is 3. The molecule has 27 heavy (non-hydrogen) atoms. The molecule has 1 aromatic carbocycles. The van der Waals surface area contributed by atoms with Crippen molar-refractivity contribution < 1.29 is 20.1 Å². The van der Waals surface area contributed by atoms with Crippen LogP contribution < -0.4 is 0 Å². The summed E-state index contributed by atoms with van der Waals surface area (Å²) in [5, 5.41) is 31.4. The highest BCUT2D eigenvalue weighted by Gasteiger charge is 2.43. The van der Waals surface area contributed by atoms with E-state index in [1.54, 1.807) is 17.0 Å². The number of nitrogens with zero attached hydrogens (tertiary/aromatic N) is 2. The molecule has 0 bridgehead atoms. The molecule has 0 radical (unpaired) electrons. The van der Waals surface area contributed by atoms with Crippen molar-refractivity contribution in [2.75, 3.05) is 39.3 Å². The Bertz CT molecular complexity index is 633. The van der Waals surface area contributed by atoms with E-state index in [-0.39, 0.29) is 25.5 Å². The predicted octanol–water partition coefficient (Wildman–Crippen LogP) is 0.911. The van der Waals surface area contributed by atoms with Crippen molar-refractivity contribution in [3.8, 4) is 0 Å². The molecule has 2 heterocycles. The van der Waals surface area contributed by atoms with Crippen LogP contribution in [-0.4, -0.2) is 82.1 Å². The SMILES string of the molecule is O=C(Cc1ccc(Cl)cc1)N1CC[C@](O)(CN2CCC(CO)CC2)[C@@H](O)C1. The minimum atomic E-state index is -1.19. The molecule has 2 saturated heterocycles. The van der Waals surface area contributed by atoms with Gasteiger partial charge in [-0.1, -0.05) is 23.7 Å². The van der Waals surface area contributed by atoms with E-state index in [4.69, 9.17) is 11.6 Å². The number of piperidine rings is 2. The zero-order valence-electron chi connectivity index (χ0n) is 15.6. The molecule has 2 atom stereocenters. The van der Waals surface area contributed by atoms with Gasteiger partial charge in [0.05, 0.1) is 6.42 Å².